The number of hydrogen-bond acceptors (Lipinski definition) is 5. The molecule has 28 heavy (non-hydrogen) atoms. The summed E-state index contributed by atoms with van der Waals surface area (Å²) in [5, 5.41) is 8.32. The van der Waals surface area contributed by atoms with Crippen LogP contribution in [0.3, 0.4) is 0 Å². The predicted molar refractivity (Wildman–Crippen MR) is 108 cm³/mol. The van der Waals surface area contributed by atoms with E-state index < -0.39 is 0 Å². The molecule has 0 bridgehead atoms. The summed E-state index contributed by atoms with van der Waals surface area (Å²) >= 11 is 0. The van der Waals surface area contributed by atoms with Gasteiger partial charge in [-0.2, -0.15) is 5.10 Å². The molecule has 0 unspecified atom stereocenters. The minimum atomic E-state index is 0.488. The fourth-order valence-electron chi connectivity index (χ4n) is 4.38. The Morgan fingerprint density at radius 2 is 2.07 bits per heavy atom. The Hall–Kier alpha value is -2.51. The molecule has 0 radical (unpaired) electrons. The molecule has 5 heterocycles. The van der Waals surface area contributed by atoms with Gasteiger partial charge in [0.25, 0.3) is 0 Å². The highest BCUT2D eigenvalue weighted by atomic mass is 15.3. The maximum atomic E-state index is 4.86. The van der Waals surface area contributed by atoms with Crippen LogP contribution < -0.4 is 5.32 Å². The summed E-state index contributed by atoms with van der Waals surface area (Å²) in [6.07, 6.45) is 11.2. The van der Waals surface area contributed by atoms with E-state index in [-0.39, 0.29) is 0 Å². The Labute approximate surface area is 165 Å². The third-order valence-electron chi connectivity index (χ3n) is 5.87. The predicted octanol–water partition coefficient (Wildman–Crippen LogP) is 2.47. The molecule has 3 aromatic rings. The number of aryl methyl sites for hydroxylation is 1. The molecule has 0 amide bonds. The first-order chi connectivity index (χ1) is 13.9. The van der Waals surface area contributed by atoms with E-state index in [4.69, 9.17) is 5.10 Å². The van der Waals surface area contributed by atoms with Gasteiger partial charge in [0.2, 0.25) is 0 Å². The fraction of sp³-hybridized carbons (Fsp3) is 0.476. The van der Waals surface area contributed by atoms with Gasteiger partial charge in [-0.25, -0.2) is 4.98 Å². The minimum Gasteiger partial charge on any atom is -0.326 e. The largest absolute Gasteiger partial charge is 0.326 e. The van der Waals surface area contributed by atoms with Gasteiger partial charge in [0.05, 0.1) is 5.69 Å². The Morgan fingerprint density at radius 1 is 1.14 bits per heavy atom. The summed E-state index contributed by atoms with van der Waals surface area (Å²) in [5.41, 5.74) is 3.55. The van der Waals surface area contributed by atoms with E-state index in [9.17, 15) is 0 Å². The van der Waals surface area contributed by atoms with Crippen LogP contribution in [0.5, 0.6) is 0 Å². The molecule has 0 spiro atoms. The number of nitrogens with one attached hydrogen (secondary N) is 1. The molecule has 2 aliphatic heterocycles. The van der Waals surface area contributed by atoms with E-state index >= 15 is 0 Å². The van der Waals surface area contributed by atoms with Crippen LogP contribution in [0.1, 0.15) is 36.6 Å². The molecule has 7 nitrogen and oxygen atoms in total. The second kappa shape index (κ2) is 7.85. The van der Waals surface area contributed by atoms with Crippen LogP contribution in [-0.4, -0.2) is 48.8 Å². The molecule has 3 aromatic heterocycles. The minimum absolute atomic E-state index is 0.488. The number of fused-ring (bicyclic) bond motifs is 1. The van der Waals surface area contributed by atoms with Crippen LogP contribution in [0.25, 0.3) is 11.5 Å². The summed E-state index contributed by atoms with van der Waals surface area (Å²) in [5.74, 6) is 1.01. The normalized spacial score (nSPS) is 18.7. The maximum absolute atomic E-state index is 4.86. The molecule has 146 valence electrons. The van der Waals surface area contributed by atoms with E-state index in [0.717, 1.165) is 70.0 Å². The number of aromatic nitrogens is 5. The van der Waals surface area contributed by atoms with Gasteiger partial charge in [0, 0.05) is 63.6 Å². The monoisotopic (exact) mass is 377 g/mol. The molecule has 0 saturated carbocycles. The van der Waals surface area contributed by atoms with E-state index in [1.54, 1.807) is 0 Å². The van der Waals surface area contributed by atoms with Gasteiger partial charge >= 0.3 is 0 Å². The first-order valence-electron chi connectivity index (χ1n) is 10.3. The number of hydrogen-bond donors (Lipinski definition) is 1. The van der Waals surface area contributed by atoms with Gasteiger partial charge in [0.15, 0.2) is 5.82 Å². The van der Waals surface area contributed by atoms with Crippen LogP contribution in [0, 0.1) is 0 Å². The average Bonchev–Trinajstić information content (AvgIpc) is 3.31. The maximum Gasteiger partial charge on any atom is 0.160 e. The van der Waals surface area contributed by atoms with Crippen molar-refractivity contribution in [2.45, 2.75) is 44.9 Å². The molecule has 2 aliphatic rings. The van der Waals surface area contributed by atoms with Crippen LogP contribution in [0.2, 0.25) is 0 Å². The highest BCUT2D eigenvalue weighted by molar-refractivity contribution is 5.50. The lowest BCUT2D eigenvalue weighted by Gasteiger charge is -2.33. The Morgan fingerprint density at radius 3 is 2.93 bits per heavy atom. The van der Waals surface area contributed by atoms with Crippen molar-refractivity contribution < 1.29 is 0 Å². The van der Waals surface area contributed by atoms with Gasteiger partial charge in [-0.05, 0) is 43.5 Å². The smallest absolute Gasteiger partial charge is 0.160 e. The first-order valence-corrected chi connectivity index (χ1v) is 10.3. The van der Waals surface area contributed by atoms with E-state index in [1.165, 1.54) is 11.3 Å². The van der Waals surface area contributed by atoms with Gasteiger partial charge < -0.3 is 9.88 Å². The van der Waals surface area contributed by atoms with Crippen molar-refractivity contribution in [1.29, 1.82) is 0 Å². The summed E-state index contributed by atoms with van der Waals surface area (Å²) in [4.78, 5) is 11.4. The van der Waals surface area contributed by atoms with E-state index in [0.29, 0.717) is 6.04 Å². The Bertz CT molecular complexity index is 882. The lowest BCUT2D eigenvalue weighted by Crippen LogP contribution is -2.34. The SMILES string of the molecule is c1cncc(CN2CCC(n3ccnc3-c3cc4n(n3)CCCNC4)CC2)c1. The van der Waals surface area contributed by atoms with Gasteiger partial charge in [0.1, 0.15) is 5.69 Å². The summed E-state index contributed by atoms with van der Waals surface area (Å²) < 4.78 is 4.49. The molecule has 0 atom stereocenters. The number of rotatable bonds is 4. The van der Waals surface area contributed by atoms with Crippen LogP contribution in [0.4, 0.5) is 0 Å². The van der Waals surface area contributed by atoms with Crippen molar-refractivity contribution in [3.63, 3.8) is 0 Å². The van der Waals surface area contributed by atoms with Crippen molar-refractivity contribution >= 4 is 0 Å². The van der Waals surface area contributed by atoms with Crippen LogP contribution in [0.15, 0.2) is 43.0 Å². The zero-order chi connectivity index (χ0) is 18.8. The van der Waals surface area contributed by atoms with E-state index in [2.05, 4.69) is 47.8 Å². The first kappa shape index (κ1) is 17.6. The second-order valence-electron chi connectivity index (χ2n) is 7.80. The number of pyridine rings is 1. The average molecular weight is 377 g/mol. The van der Waals surface area contributed by atoms with Gasteiger partial charge in [-0.15, -0.1) is 0 Å². The highest BCUT2D eigenvalue weighted by Crippen LogP contribution is 2.29. The third kappa shape index (κ3) is 3.59. The standard InChI is InChI=1S/C21H27N7/c1-3-17(14-22-6-1)16-26-10-4-18(5-11-26)27-12-8-24-21(27)20-13-19-15-23-7-2-9-28(19)25-20/h1,3,6,8,12-14,18,23H,2,4-5,7,9-11,15-16H2. The van der Waals surface area contributed by atoms with Crippen molar-refractivity contribution in [1.82, 2.24) is 34.5 Å². The number of imidazole rings is 1. The van der Waals surface area contributed by atoms with Crippen molar-refractivity contribution in [2.24, 2.45) is 0 Å². The summed E-state index contributed by atoms with van der Waals surface area (Å²) in [6, 6.07) is 6.86. The Kier molecular flexibility index (Phi) is 4.93. The molecule has 1 N–H and O–H groups in total. The molecule has 5 rings (SSSR count). The van der Waals surface area contributed by atoms with Crippen LogP contribution >= 0.6 is 0 Å². The van der Waals surface area contributed by atoms with E-state index in [1.807, 2.05) is 24.7 Å². The number of likely N-dealkylation sites (tertiary alicyclic amines) is 1. The van der Waals surface area contributed by atoms with Crippen molar-refractivity contribution in [2.75, 3.05) is 19.6 Å². The highest BCUT2D eigenvalue weighted by Gasteiger charge is 2.24. The van der Waals surface area contributed by atoms with Gasteiger partial charge in [-0.1, -0.05) is 6.07 Å². The summed E-state index contributed by atoms with van der Waals surface area (Å²) in [6.45, 7) is 6.11. The zero-order valence-corrected chi connectivity index (χ0v) is 16.2. The molecule has 7 heteroatoms. The topological polar surface area (TPSA) is 63.8 Å². The Balaban J connectivity index is 1.28. The lowest BCUT2D eigenvalue weighted by atomic mass is 10.0. The summed E-state index contributed by atoms with van der Waals surface area (Å²) in [7, 11) is 0. The fourth-order valence-corrected chi connectivity index (χ4v) is 4.38. The molecular formula is C21H27N7. The van der Waals surface area contributed by atoms with Crippen molar-refractivity contribution in [3.05, 3.63) is 54.2 Å². The third-order valence-corrected chi connectivity index (χ3v) is 5.87. The van der Waals surface area contributed by atoms with Crippen LogP contribution in [-0.2, 0) is 19.6 Å². The molecule has 0 aromatic carbocycles. The second-order valence-corrected chi connectivity index (χ2v) is 7.80. The number of nitrogens with zero attached hydrogens (tertiary/aromatic N) is 6. The molecule has 0 aliphatic carbocycles. The number of piperidine rings is 1. The zero-order valence-electron chi connectivity index (χ0n) is 16.2. The quantitative estimate of drug-likeness (QED) is 0.757. The lowest BCUT2D eigenvalue weighted by molar-refractivity contribution is 0.180. The van der Waals surface area contributed by atoms with Gasteiger partial charge in [-0.3, -0.25) is 14.6 Å². The molecule has 1 saturated heterocycles. The molecular weight excluding hydrogens is 350 g/mol. The van der Waals surface area contributed by atoms with Crippen molar-refractivity contribution in [3.8, 4) is 11.5 Å². The molecule has 1 fully saturated rings.